The molecule has 118 valence electrons. The minimum atomic E-state index is 0. The van der Waals surface area contributed by atoms with Crippen LogP contribution in [0.1, 0.15) is 30.5 Å². The van der Waals surface area contributed by atoms with Crippen LogP contribution in [0.4, 0.5) is 5.69 Å². The van der Waals surface area contributed by atoms with Crippen molar-refractivity contribution in [3.8, 4) is 0 Å². The highest BCUT2D eigenvalue weighted by molar-refractivity contribution is 7.98. The van der Waals surface area contributed by atoms with Gasteiger partial charge in [0.05, 0.1) is 5.69 Å². The first-order valence-corrected chi connectivity index (χ1v) is 8.70. The van der Waals surface area contributed by atoms with Crippen molar-refractivity contribution < 1.29 is 0 Å². The van der Waals surface area contributed by atoms with Crippen LogP contribution in [-0.2, 0) is 5.75 Å². The molecule has 1 aliphatic rings. The van der Waals surface area contributed by atoms with Gasteiger partial charge in [-0.3, -0.25) is 4.98 Å². The van der Waals surface area contributed by atoms with Gasteiger partial charge in [-0.25, -0.2) is 0 Å². The average molecular weight is 335 g/mol. The molecule has 0 aliphatic carbocycles. The smallest absolute Gasteiger partial charge is 0.0527 e. The predicted molar refractivity (Wildman–Crippen MR) is 98.3 cm³/mol. The molecule has 4 heteroatoms. The second kappa shape index (κ2) is 8.44. The van der Waals surface area contributed by atoms with Crippen LogP contribution in [-0.4, -0.2) is 18.1 Å². The van der Waals surface area contributed by atoms with Crippen molar-refractivity contribution in [3.63, 3.8) is 0 Å². The molecule has 1 aliphatic heterocycles. The third kappa shape index (κ3) is 4.40. The number of benzene rings is 1. The van der Waals surface area contributed by atoms with Gasteiger partial charge in [-0.2, -0.15) is 0 Å². The van der Waals surface area contributed by atoms with E-state index in [9.17, 15) is 0 Å². The number of aryl methyl sites for hydroxylation is 1. The van der Waals surface area contributed by atoms with E-state index in [-0.39, 0.29) is 12.4 Å². The normalized spacial score (nSPS) is 14.5. The van der Waals surface area contributed by atoms with Gasteiger partial charge in [-0.15, -0.1) is 24.2 Å². The second-order valence-electron chi connectivity index (χ2n) is 5.61. The van der Waals surface area contributed by atoms with Crippen LogP contribution in [0.3, 0.4) is 0 Å². The molecule has 0 radical (unpaired) electrons. The summed E-state index contributed by atoms with van der Waals surface area (Å²) >= 11 is 1.85. The van der Waals surface area contributed by atoms with Crippen LogP contribution >= 0.6 is 24.2 Å². The van der Waals surface area contributed by atoms with Crippen molar-refractivity contribution >= 4 is 29.9 Å². The maximum Gasteiger partial charge on any atom is 0.0527 e. The molecule has 0 N–H and O–H groups in total. The number of halogens is 1. The number of hydrogen-bond donors (Lipinski definition) is 0. The summed E-state index contributed by atoms with van der Waals surface area (Å²) in [5.74, 6) is 0.936. The fourth-order valence-electron chi connectivity index (χ4n) is 2.78. The Bertz CT molecular complexity index is 583. The molecule has 3 rings (SSSR count). The molecule has 1 aromatic carbocycles. The van der Waals surface area contributed by atoms with Gasteiger partial charge in [0.1, 0.15) is 0 Å². The van der Waals surface area contributed by atoms with Gasteiger partial charge in [0.25, 0.3) is 0 Å². The van der Waals surface area contributed by atoms with Crippen molar-refractivity contribution in [2.75, 3.05) is 18.0 Å². The maximum absolute atomic E-state index is 4.60. The van der Waals surface area contributed by atoms with Crippen molar-refractivity contribution in [2.24, 2.45) is 0 Å². The van der Waals surface area contributed by atoms with Crippen LogP contribution in [0.2, 0.25) is 0 Å². The molecule has 0 atom stereocenters. The largest absolute Gasteiger partial charge is 0.371 e. The van der Waals surface area contributed by atoms with E-state index in [2.05, 4.69) is 53.2 Å². The number of thioether (sulfide) groups is 1. The Morgan fingerprint density at radius 3 is 2.55 bits per heavy atom. The van der Waals surface area contributed by atoms with E-state index in [1.807, 2.05) is 18.0 Å². The summed E-state index contributed by atoms with van der Waals surface area (Å²) in [6.07, 6.45) is 6.04. The van der Waals surface area contributed by atoms with Gasteiger partial charge < -0.3 is 4.90 Å². The lowest BCUT2D eigenvalue weighted by atomic mass is 10.1. The number of anilines is 1. The fraction of sp³-hybridized carbons (Fsp3) is 0.389. The molecule has 0 saturated carbocycles. The SMILES string of the molecule is Cc1cnc(CSc2ccccc2)cc1N1CCCCC1.Cl. The van der Waals surface area contributed by atoms with Crippen molar-refractivity contribution in [2.45, 2.75) is 36.8 Å². The zero-order valence-electron chi connectivity index (χ0n) is 13.0. The topological polar surface area (TPSA) is 16.1 Å². The number of hydrogen-bond acceptors (Lipinski definition) is 3. The Kier molecular flexibility index (Phi) is 6.59. The summed E-state index contributed by atoms with van der Waals surface area (Å²) in [4.78, 5) is 8.43. The molecule has 1 saturated heterocycles. The highest BCUT2D eigenvalue weighted by Crippen LogP contribution is 2.27. The summed E-state index contributed by atoms with van der Waals surface area (Å²) in [5, 5.41) is 0. The lowest BCUT2D eigenvalue weighted by molar-refractivity contribution is 0.576. The zero-order chi connectivity index (χ0) is 14.5. The monoisotopic (exact) mass is 334 g/mol. The third-order valence-corrected chi connectivity index (χ3v) is 5.00. The molecular formula is C18H23ClN2S. The molecule has 1 aromatic heterocycles. The van der Waals surface area contributed by atoms with Crippen molar-refractivity contribution in [3.05, 3.63) is 53.9 Å². The number of piperidine rings is 1. The lowest BCUT2D eigenvalue weighted by Gasteiger charge is -2.30. The van der Waals surface area contributed by atoms with Crippen LogP contribution in [0.25, 0.3) is 0 Å². The predicted octanol–water partition coefficient (Wildman–Crippen LogP) is 5.09. The number of pyridine rings is 1. The van der Waals surface area contributed by atoms with Crippen LogP contribution < -0.4 is 4.90 Å². The summed E-state index contributed by atoms with van der Waals surface area (Å²) < 4.78 is 0. The minimum Gasteiger partial charge on any atom is -0.371 e. The quantitative estimate of drug-likeness (QED) is 0.724. The van der Waals surface area contributed by atoms with E-state index < -0.39 is 0 Å². The van der Waals surface area contributed by atoms with E-state index in [0.29, 0.717) is 0 Å². The summed E-state index contributed by atoms with van der Waals surface area (Å²) in [5.41, 5.74) is 3.86. The highest BCUT2D eigenvalue weighted by atomic mass is 35.5. The van der Waals surface area contributed by atoms with Crippen LogP contribution in [0.5, 0.6) is 0 Å². The minimum absolute atomic E-state index is 0. The molecule has 0 bridgehead atoms. The first kappa shape index (κ1) is 17.2. The summed E-state index contributed by atoms with van der Waals surface area (Å²) in [6.45, 7) is 4.55. The zero-order valence-corrected chi connectivity index (χ0v) is 14.6. The Hall–Kier alpha value is -1.19. The van der Waals surface area contributed by atoms with E-state index in [0.717, 1.165) is 5.75 Å². The summed E-state index contributed by atoms with van der Waals surface area (Å²) in [7, 11) is 0. The standard InChI is InChI=1S/C18H22N2S.ClH/c1-15-13-19-16(14-21-17-8-4-2-5-9-17)12-18(15)20-10-6-3-7-11-20;/h2,4-5,8-9,12-13H,3,6-7,10-11,14H2,1H3;1H. The molecule has 0 spiro atoms. The molecule has 2 nitrogen and oxygen atoms in total. The van der Waals surface area contributed by atoms with Gasteiger partial charge in [-0.1, -0.05) is 18.2 Å². The van der Waals surface area contributed by atoms with E-state index in [1.165, 1.54) is 54.2 Å². The Labute approximate surface area is 143 Å². The van der Waals surface area contributed by atoms with Gasteiger partial charge in [0, 0.05) is 35.6 Å². The number of aromatic nitrogens is 1. The molecule has 1 fully saturated rings. The van der Waals surface area contributed by atoms with Crippen LogP contribution in [0, 0.1) is 6.92 Å². The maximum atomic E-state index is 4.60. The van der Waals surface area contributed by atoms with Gasteiger partial charge in [0.15, 0.2) is 0 Å². The Morgan fingerprint density at radius 1 is 1.09 bits per heavy atom. The van der Waals surface area contributed by atoms with Gasteiger partial charge in [-0.05, 0) is 49.9 Å². The van der Waals surface area contributed by atoms with Gasteiger partial charge in [0.2, 0.25) is 0 Å². The molecule has 2 heterocycles. The highest BCUT2D eigenvalue weighted by Gasteiger charge is 2.14. The Balaban J connectivity index is 0.00000176. The van der Waals surface area contributed by atoms with E-state index in [1.54, 1.807) is 0 Å². The molecular weight excluding hydrogens is 312 g/mol. The van der Waals surface area contributed by atoms with Crippen molar-refractivity contribution in [1.29, 1.82) is 0 Å². The number of rotatable bonds is 4. The molecule has 0 amide bonds. The number of nitrogens with zero attached hydrogens (tertiary/aromatic N) is 2. The first-order valence-electron chi connectivity index (χ1n) is 7.71. The molecule has 0 unspecified atom stereocenters. The van der Waals surface area contributed by atoms with Crippen LogP contribution in [0.15, 0.2) is 47.5 Å². The third-order valence-electron chi connectivity index (χ3n) is 3.96. The van der Waals surface area contributed by atoms with Gasteiger partial charge >= 0.3 is 0 Å². The fourth-order valence-corrected chi connectivity index (χ4v) is 3.61. The second-order valence-corrected chi connectivity index (χ2v) is 6.66. The average Bonchev–Trinajstić information content (AvgIpc) is 2.56. The van der Waals surface area contributed by atoms with E-state index >= 15 is 0 Å². The first-order chi connectivity index (χ1) is 10.3. The van der Waals surface area contributed by atoms with Crippen molar-refractivity contribution in [1.82, 2.24) is 4.98 Å². The molecule has 2 aromatic rings. The Morgan fingerprint density at radius 2 is 1.82 bits per heavy atom. The van der Waals surface area contributed by atoms with E-state index in [4.69, 9.17) is 0 Å². The molecule has 22 heavy (non-hydrogen) atoms. The lowest BCUT2D eigenvalue weighted by Crippen LogP contribution is -2.30. The summed E-state index contributed by atoms with van der Waals surface area (Å²) in [6, 6.07) is 12.8.